The lowest BCUT2D eigenvalue weighted by Gasteiger charge is -2.11. The molecule has 16 heavy (non-hydrogen) atoms. The molecule has 0 saturated heterocycles. The number of benzene rings is 1. The number of aliphatic carboxylic acids is 1. The summed E-state index contributed by atoms with van der Waals surface area (Å²) in [4.78, 5) is 10.9. The number of hydrogen-bond acceptors (Lipinski definition) is 1. The van der Waals surface area contributed by atoms with Crippen molar-refractivity contribution in [3.63, 3.8) is 0 Å². The van der Waals surface area contributed by atoms with Crippen molar-refractivity contribution in [2.45, 2.75) is 19.3 Å². The molecule has 0 saturated carbocycles. The van der Waals surface area contributed by atoms with E-state index in [4.69, 9.17) is 5.11 Å². The molecular weight excluding hydrogens is 214 g/mol. The number of carbonyl (C=O) groups is 1. The van der Waals surface area contributed by atoms with Crippen LogP contribution in [0.25, 0.3) is 0 Å². The third-order valence-corrected chi connectivity index (χ3v) is 2.46. The summed E-state index contributed by atoms with van der Waals surface area (Å²) in [5.74, 6) is -2.13. The molecule has 0 aliphatic rings. The Labute approximate surface area is 92.9 Å². The Morgan fingerprint density at radius 2 is 2.06 bits per heavy atom. The van der Waals surface area contributed by atoms with Crippen LogP contribution in [-0.2, 0) is 11.2 Å². The van der Waals surface area contributed by atoms with Crippen molar-refractivity contribution in [2.24, 2.45) is 5.92 Å². The van der Waals surface area contributed by atoms with Gasteiger partial charge in [0.2, 0.25) is 0 Å². The molecule has 0 fully saturated rings. The zero-order chi connectivity index (χ0) is 12.0. The number of halogens is 2. The Bertz CT molecular complexity index is 353. The summed E-state index contributed by atoms with van der Waals surface area (Å²) < 4.78 is 25.2. The molecule has 0 aliphatic carbocycles. The number of carboxylic acids is 1. The van der Waals surface area contributed by atoms with Gasteiger partial charge in [-0.3, -0.25) is 9.18 Å². The van der Waals surface area contributed by atoms with Crippen LogP contribution < -0.4 is 0 Å². The highest BCUT2D eigenvalue weighted by atomic mass is 19.1. The van der Waals surface area contributed by atoms with E-state index in [-0.39, 0.29) is 19.3 Å². The fourth-order valence-electron chi connectivity index (χ4n) is 1.57. The first-order valence-electron chi connectivity index (χ1n) is 5.17. The van der Waals surface area contributed by atoms with Crippen LogP contribution in [0.3, 0.4) is 0 Å². The van der Waals surface area contributed by atoms with Gasteiger partial charge in [-0.25, -0.2) is 4.39 Å². The van der Waals surface area contributed by atoms with E-state index in [9.17, 15) is 13.6 Å². The Kier molecular flexibility index (Phi) is 4.89. The summed E-state index contributed by atoms with van der Waals surface area (Å²) in [7, 11) is 0. The molecule has 4 heteroatoms. The van der Waals surface area contributed by atoms with Crippen LogP contribution in [0.2, 0.25) is 0 Å². The van der Waals surface area contributed by atoms with Gasteiger partial charge in [0.05, 0.1) is 12.6 Å². The molecule has 0 radical (unpaired) electrons. The van der Waals surface area contributed by atoms with Crippen molar-refractivity contribution in [3.8, 4) is 0 Å². The zero-order valence-electron chi connectivity index (χ0n) is 8.83. The summed E-state index contributed by atoms with van der Waals surface area (Å²) in [5, 5.41) is 8.91. The summed E-state index contributed by atoms with van der Waals surface area (Å²) in [6, 6.07) is 6.06. The minimum Gasteiger partial charge on any atom is -0.481 e. The molecule has 88 valence electrons. The first kappa shape index (κ1) is 12.6. The number of rotatable bonds is 6. The minimum absolute atomic E-state index is 0.113. The molecule has 0 aromatic heterocycles. The third-order valence-electron chi connectivity index (χ3n) is 2.46. The van der Waals surface area contributed by atoms with Gasteiger partial charge in [-0.15, -0.1) is 0 Å². The summed E-state index contributed by atoms with van der Waals surface area (Å²) in [6.45, 7) is -0.541. The highest BCUT2D eigenvalue weighted by Gasteiger charge is 2.18. The van der Waals surface area contributed by atoms with Gasteiger partial charge in [0.25, 0.3) is 0 Å². The Morgan fingerprint density at radius 1 is 1.38 bits per heavy atom. The molecule has 1 aromatic carbocycles. The maximum absolute atomic E-state index is 13.3. The number of alkyl halides is 1. The van der Waals surface area contributed by atoms with Crippen molar-refractivity contribution in [1.29, 1.82) is 0 Å². The molecule has 0 amide bonds. The van der Waals surface area contributed by atoms with Crippen LogP contribution in [0.1, 0.15) is 18.4 Å². The normalized spacial score (nSPS) is 12.4. The van der Waals surface area contributed by atoms with Crippen molar-refractivity contribution < 1.29 is 18.7 Å². The molecule has 2 nitrogen and oxygen atoms in total. The number of carboxylic acid groups (broad SMARTS) is 1. The fourth-order valence-corrected chi connectivity index (χ4v) is 1.57. The maximum Gasteiger partial charge on any atom is 0.306 e. The molecule has 1 aromatic rings. The van der Waals surface area contributed by atoms with Crippen molar-refractivity contribution in [3.05, 3.63) is 35.6 Å². The van der Waals surface area contributed by atoms with Crippen molar-refractivity contribution in [1.82, 2.24) is 0 Å². The van der Waals surface area contributed by atoms with Crippen LogP contribution in [0, 0.1) is 11.7 Å². The molecule has 0 heterocycles. The van der Waals surface area contributed by atoms with Crippen LogP contribution in [-0.4, -0.2) is 17.8 Å². The van der Waals surface area contributed by atoms with Gasteiger partial charge in [-0.2, -0.15) is 0 Å². The third kappa shape index (κ3) is 3.61. The van der Waals surface area contributed by atoms with Crippen LogP contribution in [0.5, 0.6) is 0 Å². The molecule has 1 N–H and O–H groups in total. The highest BCUT2D eigenvalue weighted by Crippen LogP contribution is 2.17. The molecule has 0 aliphatic heterocycles. The summed E-state index contributed by atoms with van der Waals surface area (Å²) in [6.07, 6.45) is 0.549. The van der Waals surface area contributed by atoms with Gasteiger partial charge >= 0.3 is 5.97 Å². The SMILES string of the molecule is O=C(O)C(CCCF)Cc1ccccc1F. The molecular formula is C12H14F2O2. The predicted molar refractivity (Wildman–Crippen MR) is 56.4 cm³/mol. The second-order valence-electron chi connectivity index (χ2n) is 3.66. The minimum atomic E-state index is -1.00. The van der Waals surface area contributed by atoms with Gasteiger partial charge in [-0.05, 0) is 30.9 Å². The first-order valence-corrected chi connectivity index (χ1v) is 5.17. The van der Waals surface area contributed by atoms with Gasteiger partial charge in [0.1, 0.15) is 5.82 Å². The van der Waals surface area contributed by atoms with E-state index >= 15 is 0 Å². The lowest BCUT2D eigenvalue weighted by atomic mass is 9.95. The van der Waals surface area contributed by atoms with E-state index in [1.165, 1.54) is 6.07 Å². The van der Waals surface area contributed by atoms with E-state index in [0.29, 0.717) is 5.56 Å². The van der Waals surface area contributed by atoms with E-state index in [2.05, 4.69) is 0 Å². The molecule has 1 rings (SSSR count). The van der Waals surface area contributed by atoms with E-state index in [0.717, 1.165) is 0 Å². The van der Waals surface area contributed by atoms with E-state index in [1.54, 1.807) is 18.2 Å². The average molecular weight is 228 g/mol. The van der Waals surface area contributed by atoms with Crippen LogP contribution in [0.15, 0.2) is 24.3 Å². The second-order valence-corrected chi connectivity index (χ2v) is 3.66. The van der Waals surface area contributed by atoms with Gasteiger partial charge in [0.15, 0.2) is 0 Å². The zero-order valence-corrected chi connectivity index (χ0v) is 8.83. The van der Waals surface area contributed by atoms with Gasteiger partial charge in [-0.1, -0.05) is 18.2 Å². The topological polar surface area (TPSA) is 37.3 Å². The first-order chi connectivity index (χ1) is 7.65. The lowest BCUT2D eigenvalue weighted by Crippen LogP contribution is -2.17. The smallest absolute Gasteiger partial charge is 0.306 e. The maximum atomic E-state index is 13.3. The standard InChI is InChI=1S/C12H14F2O2/c13-7-3-5-10(12(15)16)8-9-4-1-2-6-11(9)14/h1-2,4,6,10H,3,5,7-8H2,(H,15,16). The number of hydrogen-bond donors (Lipinski definition) is 1. The van der Waals surface area contributed by atoms with E-state index < -0.39 is 24.4 Å². The van der Waals surface area contributed by atoms with Crippen molar-refractivity contribution >= 4 is 5.97 Å². The van der Waals surface area contributed by atoms with Crippen LogP contribution >= 0.6 is 0 Å². The van der Waals surface area contributed by atoms with Gasteiger partial charge < -0.3 is 5.11 Å². The van der Waals surface area contributed by atoms with E-state index in [1.807, 2.05) is 0 Å². The second kappa shape index (κ2) is 6.20. The van der Waals surface area contributed by atoms with Crippen LogP contribution in [0.4, 0.5) is 8.78 Å². The molecule has 0 spiro atoms. The summed E-state index contributed by atoms with van der Waals surface area (Å²) >= 11 is 0. The largest absolute Gasteiger partial charge is 0.481 e. The predicted octanol–water partition coefficient (Wildman–Crippen LogP) is 2.82. The fraction of sp³-hybridized carbons (Fsp3) is 0.417. The summed E-state index contributed by atoms with van der Waals surface area (Å²) in [5.41, 5.74) is 0.369. The van der Waals surface area contributed by atoms with Crippen molar-refractivity contribution in [2.75, 3.05) is 6.67 Å². The average Bonchev–Trinajstić information content (AvgIpc) is 2.26. The Balaban J connectivity index is 2.68. The highest BCUT2D eigenvalue weighted by molar-refractivity contribution is 5.70. The monoisotopic (exact) mass is 228 g/mol. The Hall–Kier alpha value is -1.45. The molecule has 1 atom stereocenters. The molecule has 1 unspecified atom stereocenters. The van der Waals surface area contributed by atoms with Gasteiger partial charge in [0, 0.05) is 0 Å². The lowest BCUT2D eigenvalue weighted by molar-refractivity contribution is -0.142. The Morgan fingerprint density at radius 3 is 2.62 bits per heavy atom. The molecule has 0 bridgehead atoms. The quantitative estimate of drug-likeness (QED) is 0.812.